The summed E-state index contributed by atoms with van der Waals surface area (Å²) in [6, 6.07) is 8.74. The Bertz CT molecular complexity index is 408. The number of allylic oxidation sites excluding steroid dienone is 5. The van der Waals surface area contributed by atoms with Crippen LogP contribution >= 0.6 is 8.58 Å². The van der Waals surface area contributed by atoms with Crippen LogP contribution in [0.5, 0.6) is 0 Å². The van der Waals surface area contributed by atoms with Gasteiger partial charge < -0.3 is 0 Å². The van der Waals surface area contributed by atoms with Crippen molar-refractivity contribution in [2.45, 2.75) is 20.8 Å². The summed E-state index contributed by atoms with van der Waals surface area (Å²) in [4.78, 5) is 0. The van der Waals surface area contributed by atoms with Gasteiger partial charge >= 0.3 is 0 Å². The van der Waals surface area contributed by atoms with Crippen LogP contribution in [0.1, 0.15) is 19.4 Å². The minimum Gasteiger partial charge on any atom is -0.0988 e. The summed E-state index contributed by atoms with van der Waals surface area (Å²) in [7, 11) is 0.758. The van der Waals surface area contributed by atoms with Crippen LogP contribution in [-0.4, -0.2) is 0 Å². The fourth-order valence-electron chi connectivity index (χ4n) is 1.23. The van der Waals surface area contributed by atoms with Crippen molar-refractivity contribution in [2.24, 2.45) is 0 Å². The maximum atomic E-state index is 3.74. The molecular formula is C15H19P. The second-order valence-corrected chi connectivity index (χ2v) is 5.57. The van der Waals surface area contributed by atoms with Gasteiger partial charge in [0.1, 0.15) is 0 Å². The lowest BCUT2D eigenvalue weighted by molar-refractivity contribution is 1.49. The van der Waals surface area contributed by atoms with E-state index < -0.39 is 0 Å². The van der Waals surface area contributed by atoms with E-state index in [-0.39, 0.29) is 0 Å². The predicted octanol–water partition coefficient (Wildman–Crippen LogP) is 4.33. The second-order valence-electron chi connectivity index (χ2n) is 3.96. The number of hydrogen-bond acceptors (Lipinski definition) is 0. The maximum absolute atomic E-state index is 3.74. The van der Waals surface area contributed by atoms with Gasteiger partial charge in [-0.15, -0.1) is 0 Å². The van der Waals surface area contributed by atoms with Crippen molar-refractivity contribution >= 4 is 13.9 Å². The third kappa shape index (κ3) is 4.59. The Labute approximate surface area is 101 Å². The van der Waals surface area contributed by atoms with Crippen molar-refractivity contribution in [2.75, 3.05) is 0 Å². The molecule has 0 aliphatic rings. The van der Waals surface area contributed by atoms with E-state index in [4.69, 9.17) is 0 Å². The lowest BCUT2D eigenvalue weighted by atomic mass is 10.2. The van der Waals surface area contributed by atoms with Crippen LogP contribution in [0.2, 0.25) is 0 Å². The van der Waals surface area contributed by atoms with Gasteiger partial charge in [-0.1, -0.05) is 68.8 Å². The van der Waals surface area contributed by atoms with Crippen molar-refractivity contribution < 1.29 is 0 Å². The van der Waals surface area contributed by atoms with Gasteiger partial charge in [0.15, 0.2) is 0 Å². The zero-order valence-corrected chi connectivity index (χ0v) is 11.2. The lowest BCUT2D eigenvalue weighted by Gasteiger charge is -2.02. The number of hydrogen-bond donors (Lipinski definition) is 0. The maximum Gasteiger partial charge on any atom is -0.0229 e. The van der Waals surface area contributed by atoms with Crippen molar-refractivity contribution in [3.63, 3.8) is 0 Å². The van der Waals surface area contributed by atoms with Gasteiger partial charge in [0.2, 0.25) is 0 Å². The molecule has 0 amide bonds. The van der Waals surface area contributed by atoms with Gasteiger partial charge in [-0.25, -0.2) is 0 Å². The Balaban J connectivity index is 2.67. The Morgan fingerprint density at radius 1 is 1.12 bits per heavy atom. The zero-order chi connectivity index (χ0) is 12.0. The zero-order valence-electron chi connectivity index (χ0n) is 10.2. The molecule has 1 heteroatoms. The molecule has 1 unspecified atom stereocenters. The molecule has 0 bridgehead atoms. The van der Waals surface area contributed by atoms with Gasteiger partial charge in [-0.05, 0) is 31.4 Å². The highest BCUT2D eigenvalue weighted by Gasteiger charge is 1.93. The van der Waals surface area contributed by atoms with Gasteiger partial charge in [0.05, 0.1) is 0 Å². The van der Waals surface area contributed by atoms with E-state index in [1.54, 1.807) is 0 Å². The monoisotopic (exact) mass is 230 g/mol. The largest absolute Gasteiger partial charge is 0.0988 e. The topological polar surface area (TPSA) is 0 Å². The third-order valence-corrected chi connectivity index (χ3v) is 3.49. The summed E-state index contributed by atoms with van der Waals surface area (Å²) in [5.74, 6) is 0. The van der Waals surface area contributed by atoms with E-state index in [9.17, 15) is 0 Å². The normalized spacial score (nSPS) is 13.4. The van der Waals surface area contributed by atoms with Crippen LogP contribution in [0.4, 0.5) is 0 Å². The van der Waals surface area contributed by atoms with Crippen LogP contribution in [-0.2, 0) is 0 Å². The third-order valence-electron chi connectivity index (χ3n) is 2.31. The van der Waals surface area contributed by atoms with Crippen LogP contribution < -0.4 is 5.30 Å². The fraction of sp³-hybridized carbons (Fsp3) is 0.200. The summed E-state index contributed by atoms with van der Waals surface area (Å²) in [6.07, 6.45) is 6.16. The molecule has 1 rings (SSSR count). The first kappa shape index (κ1) is 12.9. The molecule has 84 valence electrons. The van der Waals surface area contributed by atoms with E-state index in [1.165, 1.54) is 21.8 Å². The molecule has 1 aromatic carbocycles. The molecule has 0 aromatic heterocycles. The number of rotatable bonds is 4. The summed E-state index contributed by atoms with van der Waals surface area (Å²) < 4.78 is 0. The quantitative estimate of drug-likeness (QED) is 0.533. The predicted molar refractivity (Wildman–Crippen MR) is 76.8 cm³/mol. The standard InChI is InChI=1S/C15H19P/c1-5-12(2)6-9-14(4)16-15-10-7-13(3)8-11-15/h5-11,16H,1H2,2-4H3/b12-6-,14-9+. The van der Waals surface area contributed by atoms with E-state index in [0.29, 0.717) is 0 Å². The van der Waals surface area contributed by atoms with Crippen molar-refractivity contribution in [3.8, 4) is 0 Å². The first-order valence-electron chi connectivity index (χ1n) is 5.43. The highest BCUT2D eigenvalue weighted by molar-refractivity contribution is 7.51. The molecular weight excluding hydrogens is 211 g/mol. The van der Waals surface area contributed by atoms with Gasteiger partial charge in [-0.3, -0.25) is 0 Å². The lowest BCUT2D eigenvalue weighted by Crippen LogP contribution is -1.92. The highest BCUT2D eigenvalue weighted by Crippen LogP contribution is 2.22. The molecule has 1 aromatic rings. The second kappa shape index (κ2) is 6.45. The molecule has 0 saturated heterocycles. The molecule has 0 radical (unpaired) electrons. The molecule has 0 saturated carbocycles. The first-order chi connectivity index (χ1) is 7.61. The smallest absolute Gasteiger partial charge is 0.0229 e. The van der Waals surface area contributed by atoms with Gasteiger partial charge in [0.25, 0.3) is 0 Å². The average molecular weight is 230 g/mol. The summed E-state index contributed by atoms with van der Waals surface area (Å²) >= 11 is 0. The van der Waals surface area contributed by atoms with E-state index in [1.807, 2.05) is 6.08 Å². The molecule has 16 heavy (non-hydrogen) atoms. The van der Waals surface area contributed by atoms with Crippen molar-refractivity contribution in [3.05, 3.63) is 65.5 Å². The van der Waals surface area contributed by atoms with Gasteiger partial charge in [0, 0.05) is 0 Å². The first-order valence-corrected chi connectivity index (χ1v) is 6.43. The molecule has 0 spiro atoms. The average Bonchev–Trinajstić information content (AvgIpc) is 2.29. The number of benzene rings is 1. The molecule has 0 aliphatic carbocycles. The SMILES string of the molecule is C=C/C(C)=C\C=C(/C)Pc1ccc(C)cc1. The van der Waals surface area contributed by atoms with E-state index in [2.05, 4.69) is 63.8 Å². The van der Waals surface area contributed by atoms with Crippen LogP contribution in [0.3, 0.4) is 0 Å². The molecule has 0 N–H and O–H groups in total. The van der Waals surface area contributed by atoms with E-state index >= 15 is 0 Å². The Hall–Kier alpha value is -1.13. The summed E-state index contributed by atoms with van der Waals surface area (Å²) in [5, 5.41) is 2.79. The minimum atomic E-state index is 0.758. The summed E-state index contributed by atoms with van der Waals surface area (Å²) in [5.41, 5.74) is 2.52. The molecule has 0 fully saturated rings. The number of aryl methyl sites for hydroxylation is 1. The molecule has 1 atom stereocenters. The highest BCUT2D eigenvalue weighted by atomic mass is 31.1. The van der Waals surface area contributed by atoms with Crippen LogP contribution in [0, 0.1) is 6.92 Å². The minimum absolute atomic E-state index is 0.758. The van der Waals surface area contributed by atoms with Gasteiger partial charge in [-0.2, -0.15) is 0 Å². The van der Waals surface area contributed by atoms with Crippen LogP contribution in [0.25, 0.3) is 0 Å². The molecule has 0 aliphatic heterocycles. The molecule has 0 nitrogen and oxygen atoms in total. The fourth-order valence-corrected chi connectivity index (χ4v) is 2.19. The molecule has 0 heterocycles. The van der Waals surface area contributed by atoms with Crippen LogP contribution in [0.15, 0.2) is 60.0 Å². The Kier molecular flexibility index (Phi) is 5.22. The van der Waals surface area contributed by atoms with E-state index in [0.717, 1.165) is 8.58 Å². The Morgan fingerprint density at radius 2 is 1.75 bits per heavy atom. The van der Waals surface area contributed by atoms with Crippen molar-refractivity contribution in [1.29, 1.82) is 0 Å². The Morgan fingerprint density at radius 3 is 2.31 bits per heavy atom. The summed E-state index contributed by atoms with van der Waals surface area (Å²) in [6.45, 7) is 10.1. The van der Waals surface area contributed by atoms with Crippen molar-refractivity contribution in [1.82, 2.24) is 0 Å².